The number of imide groups is 1. The Labute approximate surface area is 172 Å². The quantitative estimate of drug-likeness (QED) is 0.567. The third-order valence-electron chi connectivity index (χ3n) is 3.87. The van der Waals surface area contributed by atoms with Gasteiger partial charge in [-0.3, -0.25) is 24.1 Å². The Kier molecular flexibility index (Phi) is 5.81. The molecule has 0 atom stereocenters. The lowest BCUT2D eigenvalue weighted by Crippen LogP contribution is -2.36. The smallest absolute Gasteiger partial charge is 0.326 e. The van der Waals surface area contributed by atoms with Crippen LogP contribution in [0.4, 0.5) is 14.5 Å². The first-order valence-electron chi connectivity index (χ1n) is 7.93. The van der Waals surface area contributed by atoms with Crippen molar-refractivity contribution in [2.45, 2.75) is 0 Å². The van der Waals surface area contributed by atoms with Crippen LogP contribution < -0.4 is 5.32 Å². The first-order chi connectivity index (χ1) is 13.7. The molecule has 0 spiro atoms. The van der Waals surface area contributed by atoms with Gasteiger partial charge < -0.3 is 10.1 Å². The van der Waals surface area contributed by atoms with Gasteiger partial charge in [-0.05, 0) is 24.3 Å². The van der Waals surface area contributed by atoms with Crippen LogP contribution in [0.3, 0.4) is 0 Å². The fraction of sp³-hybridized carbons (Fsp3) is 0.111. The minimum absolute atomic E-state index is 0.0171. The summed E-state index contributed by atoms with van der Waals surface area (Å²) < 4.78 is 31.3. The largest absolute Gasteiger partial charge is 0.454 e. The van der Waals surface area contributed by atoms with Gasteiger partial charge in [0.2, 0.25) is 0 Å². The fourth-order valence-corrected chi connectivity index (χ4v) is 2.86. The summed E-state index contributed by atoms with van der Waals surface area (Å²) in [5.41, 5.74) is -0.465. The molecule has 0 aromatic heterocycles. The Bertz CT molecular complexity index is 1020. The molecule has 0 unspecified atom stereocenters. The van der Waals surface area contributed by atoms with Gasteiger partial charge in [0.1, 0.15) is 18.2 Å². The van der Waals surface area contributed by atoms with Crippen molar-refractivity contribution in [2.24, 2.45) is 0 Å². The summed E-state index contributed by atoms with van der Waals surface area (Å²) in [4.78, 5) is 48.9. The molecular formula is C18H10Cl2F2N2O5. The van der Waals surface area contributed by atoms with Crippen molar-refractivity contribution in [3.8, 4) is 0 Å². The van der Waals surface area contributed by atoms with E-state index >= 15 is 0 Å². The highest BCUT2D eigenvalue weighted by Crippen LogP contribution is 2.31. The molecule has 0 aliphatic carbocycles. The molecule has 1 N–H and O–H groups in total. The molecule has 150 valence electrons. The number of halogens is 4. The predicted molar refractivity (Wildman–Crippen MR) is 97.8 cm³/mol. The van der Waals surface area contributed by atoms with Crippen LogP contribution in [0.2, 0.25) is 10.0 Å². The number of anilines is 1. The molecule has 0 bridgehead atoms. The van der Waals surface area contributed by atoms with Gasteiger partial charge in [0.05, 0.1) is 26.9 Å². The number of benzene rings is 2. The number of carbonyl (C=O) groups is 4. The van der Waals surface area contributed by atoms with Gasteiger partial charge in [-0.15, -0.1) is 0 Å². The fourth-order valence-electron chi connectivity index (χ4n) is 2.53. The highest BCUT2D eigenvalue weighted by molar-refractivity contribution is 6.43. The molecule has 29 heavy (non-hydrogen) atoms. The maximum absolute atomic E-state index is 13.5. The van der Waals surface area contributed by atoms with Crippen molar-refractivity contribution in [1.29, 1.82) is 0 Å². The molecule has 0 saturated heterocycles. The highest BCUT2D eigenvalue weighted by Gasteiger charge is 2.37. The van der Waals surface area contributed by atoms with Gasteiger partial charge in [0, 0.05) is 6.07 Å². The number of amides is 3. The molecule has 0 fully saturated rings. The van der Waals surface area contributed by atoms with Crippen molar-refractivity contribution < 1.29 is 32.7 Å². The molecule has 7 nitrogen and oxygen atoms in total. The Morgan fingerprint density at radius 2 is 1.59 bits per heavy atom. The van der Waals surface area contributed by atoms with Crippen molar-refractivity contribution in [3.05, 3.63) is 63.1 Å². The number of nitrogens with zero attached hydrogens (tertiary/aromatic N) is 1. The zero-order valence-corrected chi connectivity index (χ0v) is 15.8. The third-order valence-corrected chi connectivity index (χ3v) is 4.59. The second-order valence-corrected chi connectivity index (χ2v) is 6.66. The molecule has 2 aromatic rings. The maximum atomic E-state index is 13.5. The Morgan fingerprint density at radius 3 is 2.17 bits per heavy atom. The molecule has 11 heteroatoms. The summed E-state index contributed by atoms with van der Waals surface area (Å²) in [6.45, 7) is -1.60. The van der Waals surface area contributed by atoms with E-state index in [1.54, 1.807) is 0 Å². The highest BCUT2D eigenvalue weighted by atomic mass is 35.5. The zero-order chi connectivity index (χ0) is 21.3. The average Bonchev–Trinajstić information content (AvgIpc) is 2.88. The summed E-state index contributed by atoms with van der Waals surface area (Å²) >= 11 is 11.7. The summed E-state index contributed by atoms with van der Waals surface area (Å²) in [6.07, 6.45) is 0. The molecule has 0 saturated carbocycles. The summed E-state index contributed by atoms with van der Waals surface area (Å²) in [5, 5.41) is 2.17. The summed E-state index contributed by atoms with van der Waals surface area (Å²) in [7, 11) is 0. The van der Waals surface area contributed by atoms with E-state index in [-0.39, 0.29) is 21.2 Å². The van der Waals surface area contributed by atoms with Crippen LogP contribution in [0.1, 0.15) is 20.7 Å². The van der Waals surface area contributed by atoms with Crippen molar-refractivity contribution in [1.82, 2.24) is 4.90 Å². The molecule has 1 aliphatic rings. The molecule has 2 aromatic carbocycles. The van der Waals surface area contributed by atoms with E-state index < -0.39 is 54.2 Å². The van der Waals surface area contributed by atoms with Gasteiger partial charge >= 0.3 is 5.97 Å². The van der Waals surface area contributed by atoms with Gasteiger partial charge in [0.25, 0.3) is 17.7 Å². The van der Waals surface area contributed by atoms with E-state index in [0.29, 0.717) is 4.90 Å². The molecule has 3 rings (SSSR count). The lowest BCUT2D eigenvalue weighted by molar-refractivity contribution is -0.147. The molecular weight excluding hydrogens is 433 g/mol. The van der Waals surface area contributed by atoms with E-state index in [1.807, 2.05) is 5.32 Å². The Hall–Kier alpha value is -3.04. The number of ether oxygens (including phenoxy) is 1. The van der Waals surface area contributed by atoms with Gasteiger partial charge in [0.15, 0.2) is 6.61 Å². The van der Waals surface area contributed by atoms with Crippen LogP contribution in [-0.2, 0) is 14.3 Å². The van der Waals surface area contributed by atoms with Crippen LogP contribution >= 0.6 is 23.2 Å². The first-order valence-corrected chi connectivity index (χ1v) is 8.68. The van der Waals surface area contributed by atoms with E-state index in [9.17, 15) is 28.0 Å². The Morgan fingerprint density at radius 1 is 1.00 bits per heavy atom. The van der Waals surface area contributed by atoms with E-state index in [1.165, 1.54) is 12.1 Å². The monoisotopic (exact) mass is 442 g/mol. The van der Waals surface area contributed by atoms with E-state index in [2.05, 4.69) is 4.74 Å². The van der Waals surface area contributed by atoms with Gasteiger partial charge in [-0.25, -0.2) is 8.78 Å². The first kappa shape index (κ1) is 20.7. The SMILES string of the molecule is O=C(COC(=O)CN1C(=O)c2cc(Cl)c(Cl)cc2C1=O)Nc1cc(F)ccc1F. The number of carbonyl (C=O) groups excluding carboxylic acids is 4. The van der Waals surface area contributed by atoms with E-state index in [0.717, 1.165) is 18.2 Å². The zero-order valence-electron chi connectivity index (χ0n) is 14.3. The number of rotatable bonds is 5. The van der Waals surface area contributed by atoms with E-state index in [4.69, 9.17) is 23.2 Å². The number of hydrogen-bond acceptors (Lipinski definition) is 5. The predicted octanol–water partition coefficient (Wildman–Crippen LogP) is 3.05. The van der Waals surface area contributed by atoms with Crippen LogP contribution in [-0.4, -0.2) is 41.7 Å². The molecule has 1 aliphatic heterocycles. The number of fused-ring (bicyclic) bond motifs is 1. The van der Waals surface area contributed by atoms with Gasteiger partial charge in [-0.1, -0.05) is 23.2 Å². The van der Waals surface area contributed by atoms with Crippen molar-refractivity contribution >= 4 is 52.6 Å². The third kappa shape index (κ3) is 4.36. The number of hydrogen-bond donors (Lipinski definition) is 1. The second-order valence-electron chi connectivity index (χ2n) is 5.84. The van der Waals surface area contributed by atoms with Crippen LogP contribution in [0.5, 0.6) is 0 Å². The molecule has 1 heterocycles. The van der Waals surface area contributed by atoms with Crippen LogP contribution in [0.15, 0.2) is 30.3 Å². The van der Waals surface area contributed by atoms with Crippen LogP contribution in [0, 0.1) is 11.6 Å². The molecule has 0 radical (unpaired) electrons. The average molecular weight is 443 g/mol. The minimum atomic E-state index is -1.06. The second kappa shape index (κ2) is 8.14. The normalized spacial score (nSPS) is 12.8. The Balaban J connectivity index is 1.58. The topological polar surface area (TPSA) is 92.8 Å². The standard InChI is InChI=1S/C18H10Cl2F2N2O5/c19-11-4-9-10(5-12(11)20)18(28)24(17(9)27)6-16(26)29-7-15(25)23-14-3-8(21)1-2-13(14)22/h1-5H,6-7H2,(H,23,25). The summed E-state index contributed by atoms with van der Waals surface area (Å²) in [5.74, 6) is -5.20. The van der Waals surface area contributed by atoms with Crippen molar-refractivity contribution in [2.75, 3.05) is 18.5 Å². The lowest BCUT2D eigenvalue weighted by Gasteiger charge is -2.13. The van der Waals surface area contributed by atoms with Crippen molar-refractivity contribution in [3.63, 3.8) is 0 Å². The van der Waals surface area contributed by atoms with Gasteiger partial charge in [-0.2, -0.15) is 0 Å². The number of esters is 1. The minimum Gasteiger partial charge on any atom is -0.454 e. The lowest BCUT2D eigenvalue weighted by atomic mass is 10.1. The number of nitrogens with one attached hydrogen (secondary N) is 1. The van der Waals surface area contributed by atoms with Crippen LogP contribution in [0.25, 0.3) is 0 Å². The maximum Gasteiger partial charge on any atom is 0.326 e. The molecule has 3 amide bonds. The summed E-state index contributed by atoms with van der Waals surface area (Å²) in [6, 6.07) is 4.87.